The van der Waals surface area contributed by atoms with E-state index in [0.717, 1.165) is 31.7 Å². The number of rotatable bonds is 6. The number of aryl methyl sites for hydroxylation is 2. The van der Waals surface area contributed by atoms with E-state index in [1.165, 1.54) is 23.9 Å². The number of ether oxygens (including phenoxy) is 1. The van der Waals surface area contributed by atoms with Gasteiger partial charge < -0.3 is 19.9 Å². The van der Waals surface area contributed by atoms with Crippen molar-refractivity contribution in [2.24, 2.45) is 0 Å². The summed E-state index contributed by atoms with van der Waals surface area (Å²) < 4.78 is 5.42. The molecule has 0 saturated carbocycles. The van der Waals surface area contributed by atoms with Crippen molar-refractivity contribution >= 4 is 17.5 Å². The van der Waals surface area contributed by atoms with Gasteiger partial charge in [0.25, 0.3) is 5.91 Å². The number of anilines is 2. The summed E-state index contributed by atoms with van der Waals surface area (Å²) in [5, 5.41) is 2.90. The highest BCUT2D eigenvalue weighted by molar-refractivity contribution is 5.96. The molecule has 166 valence electrons. The summed E-state index contributed by atoms with van der Waals surface area (Å²) in [6.45, 7) is 8.08. The summed E-state index contributed by atoms with van der Waals surface area (Å²) in [5.74, 6) is 0.621. The molecule has 1 aliphatic rings. The summed E-state index contributed by atoms with van der Waals surface area (Å²) in [6, 6.07) is 16.4. The Bertz CT molecular complexity index is 1080. The number of hydrogen-bond acceptors (Lipinski definition) is 6. The quantitative estimate of drug-likeness (QED) is 0.645. The van der Waals surface area contributed by atoms with Crippen molar-refractivity contribution in [2.45, 2.75) is 20.4 Å². The van der Waals surface area contributed by atoms with Crippen LogP contribution in [0.5, 0.6) is 5.88 Å². The van der Waals surface area contributed by atoms with E-state index in [1.54, 1.807) is 6.20 Å². The van der Waals surface area contributed by atoms with Gasteiger partial charge in [-0.05, 0) is 42.7 Å². The van der Waals surface area contributed by atoms with Crippen LogP contribution in [0.3, 0.4) is 0 Å². The number of methoxy groups -OCH3 is 1. The van der Waals surface area contributed by atoms with Crippen LogP contribution in [0.15, 0.2) is 54.7 Å². The lowest BCUT2D eigenvalue weighted by Crippen LogP contribution is -2.47. The number of carbonyl (C=O) groups is 1. The van der Waals surface area contributed by atoms with Crippen LogP contribution in [0.2, 0.25) is 0 Å². The third-order valence-corrected chi connectivity index (χ3v) is 5.89. The van der Waals surface area contributed by atoms with E-state index in [0.29, 0.717) is 18.1 Å². The lowest BCUT2D eigenvalue weighted by atomic mass is 10.1. The van der Waals surface area contributed by atoms with E-state index >= 15 is 0 Å². The zero-order chi connectivity index (χ0) is 22.5. The second kappa shape index (κ2) is 9.68. The van der Waals surface area contributed by atoms with Crippen LogP contribution in [0.25, 0.3) is 0 Å². The molecule has 2 heterocycles. The second-order valence-electron chi connectivity index (χ2n) is 8.00. The van der Waals surface area contributed by atoms with Crippen molar-refractivity contribution in [3.05, 3.63) is 77.0 Å². The fourth-order valence-corrected chi connectivity index (χ4v) is 3.78. The molecule has 1 aliphatic heterocycles. The Hall–Kier alpha value is -3.61. The molecule has 1 amide bonds. The van der Waals surface area contributed by atoms with Crippen LogP contribution in [0, 0.1) is 13.8 Å². The predicted molar refractivity (Wildman–Crippen MR) is 127 cm³/mol. The smallest absolute Gasteiger partial charge is 0.258 e. The van der Waals surface area contributed by atoms with E-state index in [9.17, 15) is 4.79 Å². The average Bonchev–Trinajstić information content (AvgIpc) is 2.84. The lowest BCUT2D eigenvalue weighted by molar-refractivity contribution is 0.0946. The first kappa shape index (κ1) is 21.6. The van der Waals surface area contributed by atoms with E-state index < -0.39 is 0 Å². The largest absolute Gasteiger partial charge is 0.480 e. The molecule has 0 radical (unpaired) electrons. The Morgan fingerprint density at radius 3 is 2.41 bits per heavy atom. The fraction of sp³-hybridized carbons (Fsp3) is 0.320. The minimum absolute atomic E-state index is 0.253. The molecule has 0 atom stereocenters. The first-order valence-corrected chi connectivity index (χ1v) is 10.9. The maximum atomic E-state index is 12.6. The molecule has 32 heavy (non-hydrogen) atoms. The monoisotopic (exact) mass is 431 g/mol. The van der Waals surface area contributed by atoms with Crippen LogP contribution < -0.4 is 19.9 Å². The van der Waals surface area contributed by atoms with Gasteiger partial charge in [-0.25, -0.2) is 4.98 Å². The summed E-state index contributed by atoms with van der Waals surface area (Å²) in [4.78, 5) is 26.2. The van der Waals surface area contributed by atoms with Crippen LogP contribution in [0.1, 0.15) is 27.0 Å². The van der Waals surface area contributed by atoms with Gasteiger partial charge >= 0.3 is 0 Å². The fourth-order valence-electron chi connectivity index (χ4n) is 3.78. The Kier molecular flexibility index (Phi) is 6.54. The van der Waals surface area contributed by atoms with Crippen molar-refractivity contribution < 1.29 is 9.53 Å². The van der Waals surface area contributed by atoms with Crippen molar-refractivity contribution in [3.63, 3.8) is 0 Å². The summed E-state index contributed by atoms with van der Waals surface area (Å²) in [7, 11) is 1.53. The molecular formula is C25H29N5O2. The molecule has 0 unspecified atom stereocenters. The highest BCUT2D eigenvalue weighted by atomic mass is 16.5. The van der Waals surface area contributed by atoms with Gasteiger partial charge in [-0.2, -0.15) is 4.98 Å². The standard InChI is InChI=1S/C25H29N5O2/c1-18-9-10-21(15-19(18)2)29-11-13-30(14-12-29)25-27-17-22(24(28-25)32-3)23(31)26-16-20-7-5-4-6-8-20/h4-10,15,17H,11-14,16H2,1-3H3,(H,26,31). The maximum absolute atomic E-state index is 12.6. The minimum Gasteiger partial charge on any atom is -0.480 e. The molecule has 7 nitrogen and oxygen atoms in total. The Balaban J connectivity index is 1.40. The zero-order valence-electron chi connectivity index (χ0n) is 18.8. The van der Waals surface area contributed by atoms with Gasteiger partial charge in [0.1, 0.15) is 5.56 Å². The van der Waals surface area contributed by atoms with Gasteiger partial charge in [-0.3, -0.25) is 4.79 Å². The molecule has 4 rings (SSSR count). The van der Waals surface area contributed by atoms with Gasteiger partial charge in [0, 0.05) is 44.6 Å². The van der Waals surface area contributed by atoms with E-state index in [1.807, 2.05) is 30.3 Å². The molecule has 2 aromatic carbocycles. The molecule has 0 aliphatic carbocycles. The molecule has 0 bridgehead atoms. The van der Waals surface area contributed by atoms with Gasteiger partial charge in [-0.1, -0.05) is 36.4 Å². The number of aromatic nitrogens is 2. The third-order valence-electron chi connectivity index (χ3n) is 5.89. The van der Waals surface area contributed by atoms with Crippen molar-refractivity contribution in [1.82, 2.24) is 15.3 Å². The van der Waals surface area contributed by atoms with Gasteiger partial charge in [0.15, 0.2) is 0 Å². The Morgan fingerprint density at radius 2 is 1.72 bits per heavy atom. The summed E-state index contributed by atoms with van der Waals surface area (Å²) in [5.41, 5.74) is 5.22. The maximum Gasteiger partial charge on any atom is 0.258 e. The predicted octanol–water partition coefficient (Wildman–Crippen LogP) is 3.36. The zero-order valence-corrected chi connectivity index (χ0v) is 18.8. The number of hydrogen-bond donors (Lipinski definition) is 1. The third kappa shape index (κ3) is 4.82. The first-order valence-electron chi connectivity index (χ1n) is 10.9. The van der Waals surface area contributed by atoms with Crippen molar-refractivity contribution in [2.75, 3.05) is 43.1 Å². The number of carbonyl (C=O) groups excluding carboxylic acids is 1. The number of nitrogens with zero attached hydrogens (tertiary/aromatic N) is 4. The highest BCUT2D eigenvalue weighted by Crippen LogP contribution is 2.23. The molecule has 1 N–H and O–H groups in total. The average molecular weight is 432 g/mol. The van der Waals surface area contributed by atoms with Gasteiger partial charge in [0.2, 0.25) is 11.8 Å². The first-order chi connectivity index (χ1) is 15.5. The van der Waals surface area contributed by atoms with E-state index in [4.69, 9.17) is 4.74 Å². The van der Waals surface area contributed by atoms with Crippen LogP contribution in [-0.4, -0.2) is 49.2 Å². The Labute approximate surface area is 189 Å². The molecule has 7 heteroatoms. The molecule has 1 fully saturated rings. The SMILES string of the molecule is COc1nc(N2CCN(c3ccc(C)c(C)c3)CC2)ncc1C(=O)NCc1ccccc1. The number of amides is 1. The van der Waals surface area contributed by atoms with Crippen molar-refractivity contribution in [3.8, 4) is 5.88 Å². The molecule has 1 saturated heterocycles. The summed E-state index contributed by atoms with van der Waals surface area (Å²) >= 11 is 0. The lowest BCUT2D eigenvalue weighted by Gasteiger charge is -2.36. The number of piperazine rings is 1. The normalized spacial score (nSPS) is 13.7. The Morgan fingerprint density at radius 1 is 1.00 bits per heavy atom. The van der Waals surface area contributed by atoms with Crippen LogP contribution >= 0.6 is 0 Å². The minimum atomic E-state index is -0.253. The molecule has 3 aromatic rings. The van der Waals surface area contributed by atoms with Gasteiger partial charge in [-0.15, -0.1) is 0 Å². The highest BCUT2D eigenvalue weighted by Gasteiger charge is 2.22. The molecule has 1 aromatic heterocycles. The summed E-state index contributed by atoms with van der Waals surface area (Å²) in [6.07, 6.45) is 1.55. The van der Waals surface area contributed by atoms with Crippen LogP contribution in [0.4, 0.5) is 11.6 Å². The number of benzene rings is 2. The van der Waals surface area contributed by atoms with E-state index in [2.05, 4.69) is 57.1 Å². The number of nitrogens with one attached hydrogen (secondary N) is 1. The van der Waals surface area contributed by atoms with Gasteiger partial charge in [0.05, 0.1) is 7.11 Å². The topological polar surface area (TPSA) is 70.6 Å². The molecule has 0 spiro atoms. The second-order valence-corrected chi connectivity index (χ2v) is 8.00. The van der Waals surface area contributed by atoms with Crippen LogP contribution in [-0.2, 0) is 6.54 Å². The van der Waals surface area contributed by atoms with Crippen molar-refractivity contribution in [1.29, 1.82) is 0 Å². The molecular weight excluding hydrogens is 402 g/mol. The van der Waals surface area contributed by atoms with E-state index in [-0.39, 0.29) is 11.8 Å².